The van der Waals surface area contributed by atoms with E-state index in [0.717, 1.165) is 24.9 Å². The van der Waals surface area contributed by atoms with E-state index >= 15 is 0 Å². The van der Waals surface area contributed by atoms with Crippen LogP contribution in [-0.2, 0) is 9.59 Å². The van der Waals surface area contributed by atoms with E-state index in [1.54, 1.807) is 4.90 Å². The second kappa shape index (κ2) is 8.32. The third-order valence-electron chi connectivity index (χ3n) is 4.92. The smallest absolute Gasteiger partial charge is 0.229 e. The van der Waals surface area contributed by atoms with E-state index in [2.05, 4.69) is 26.0 Å². The SMILES string of the molecule is CCCC(=O)N1CCC(C(=O)N(C)c2cccc(C(C)C)c2)CC1. The molecule has 1 aromatic carbocycles. The van der Waals surface area contributed by atoms with Gasteiger partial charge in [0.2, 0.25) is 11.8 Å². The number of likely N-dealkylation sites (tertiary alicyclic amines) is 1. The minimum atomic E-state index is 0.0170. The van der Waals surface area contributed by atoms with E-state index < -0.39 is 0 Å². The summed E-state index contributed by atoms with van der Waals surface area (Å²) in [5.41, 5.74) is 2.20. The van der Waals surface area contributed by atoms with Crippen LogP contribution in [0.15, 0.2) is 24.3 Å². The molecular weight excluding hydrogens is 300 g/mol. The van der Waals surface area contributed by atoms with Crippen LogP contribution in [0, 0.1) is 5.92 Å². The molecule has 0 bridgehead atoms. The summed E-state index contributed by atoms with van der Waals surface area (Å²) in [5.74, 6) is 0.851. The summed E-state index contributed by atoms with van der Waals surface area (Å²) in [6.07, 6.45) is 3.03. The molecule has 1 fully saturated rings. The zero-order valence-corrected chi connectivity index (χ0v) is 15.4. The molecule has 2 rings (SSSR count). The monoisotopic (exact) mass is 330 g/mol. The van der Waals surface area contributed by atoms with Gasteiger partial charge in [0, 0.05) is 38.2 Å². The van der Waals surface area contributed by atoms with Crippen molar-refractivity contribution in [2.24, 2.45) is 5.92 Å². The van der Waals surface area contributed by atoms with Crippen LogP contribution in [0.3, 0.4) is 0 Å². The molecule has 2 amide bonds. The van der Waals surface area contributed by atoms with Crippen molar-refractivity contribution in [1.82, 2.24) is 4.90 Å². The molecule has 1 heterocycles. The lowest BCUT2D eigenvalue weighted by Gasteiger charge is -2.33. The first-order valence-corrected chi connectivity index (χ1v) is 9.09. The minimum absolute atomic E-state index is 0.0170. The standard InChI is InChI=1S/C20H30N2O2/c1-5-7-19(23)22-12-10-16(11-13-22)20(24)21(4)18-9-6-8-17(14-18)15(2)3/h6,8-9,14-16H,5,7,10-13H2,1-4H3. The number of carbonyl (C=O) groups is 2. The molecule has 0 atom stereocenters. The Labute approximate surface area is 145 Å². The number of piperidine rings is 1. The molecule has 0 N–H and O–H groups in total. The Balaban J connectivity index is 1.97. The fraction of sp³-hybridized carbons (Fsp3) is 0.600. The highest BCUT2D eigenvalue weighted by Gasteiger charge is 2.29. The molecule has 1 aromatic rings. The zero-order chi connectivity index (χ0) is 17.7. The zero-order valence-electron chi connectivity index (χ0n) is 15.4. The predicted octanol–water partition coefficient (Wildman–Crippen LogP) is 3.81. The number of hydrogen-bond acceptors (Lipinski definition) is 2. The van der Waals surface area contributed by atoms with E-state index in [1.807, 2.05) is 31.0 Å². The molecule has 132 valence electrons. The van der Waals surface area contributed by atoms with Gasteiger partial charge in [-0.25, -0.2) is 0 Å². The van der Waals surface area contributed by atoms with Crippen molar-refractivity contribution in [2.75, 3.05) is 25.0 Å². The van der Waals surface area contributed by atoms with Crippen molar-refractivity contribution in [3.05, 3.63) is 29.8 Å². The van der Waals surface area contributed by atoms with Gasteiger partial charge in [-0.1, -0.05) is 32.9 Å². The quantitative estimate of drug-likeness (QED) is 0.823. The van der Waals surface area contributed by atoms with E-state index in [1.165, 1.54) is 5.56 Å². The molecule has 24 heavy (non-hydrogen) atoms. The molecule has 1 aliphatic rings. The predicted molar refractivity (Wildman–Crippen MR) is 98.2 cm³/mol. The van der Waals surface area contributed by atoms with Gasteiger partial charge in [0.05, 0.1) is 0 Å². The van der Waals surface area contributed by atoms with Gasteiger partial charge < -0.3 is 9.80 Å². The average molecular weight is 330 g/mol. The van der Waals surface area contributed by atoms with Crippen LogP contribution in [0.5, 0.6) is 0 Å². The number of nitrogens with zero attached hydrogens (tertiary/aromatic N) is 2. The van der Waals surface area contributed by atoms with E-state index in [4.69, 9.17) is 0 Å². The maximum absolute atomic E-state index is 12.8. The summed E-state index contributed by atoms with van der Waals surface area (Å²) < 4.78 is 0. The maximum Gasteiger partial charge on any atom is 0.229 e. The number of amides is 2. The highest BCUT2D eigenvalue weighted by atomic mass is 16.2. The van der Waals surface area contributed by atoms with Crippen molar-refractivity contribution in [3.63, 3.8) is 0 Å². The summed E-state index contributed by atoms with van der Waals surface area (Å²) >= 11 is 0. The Hall–Kier alpha value is -1.84. The van der Waals surface area contributed by atoms with Crippen LogP contribution in [0.2, 0.25) is 0 Å². The Kier molecular flexibility index (Phi) is 6.41. The van der Waals surface area contributed by atoms with E-state index in [9.17, 15) is 9.59 Å². The van der Waals surface area contributed by atoms with Crippen LogP contribution < -0.4 is 4.90 Å². The Morgan fingerprint density at radius 3 is 2.50 bits per heavy atom. The van der Waals surface area contributed by atoms with Crippen LogP contribution in [0.25, 0.3) is 0 Å². The van der Waals surface area contributed by atoms with Gasteiger partial charge in [0.25, 0.3) is 0 Å². The van der Waals surface area contributed by atoms with Gasteiger partial charge in [-0.2, -0.15) is 0 Å². The second-order valence-electron chi connectivity index (χ2n) is 7.05. The first-order valence-electron chi connectivity index (χ1n) is 9.09. The van der Waals surface area contributed by atoms with Gasteiger partial charge in [-0.3, -0.25) is 9.59 Å². The van der Waals surface area contributed by atoms with Crippen molar-refractivity contribution in [1.29, 1.82) is 0 Å². The van der Waals surface area contributed by atoms with Crippen LogP contribution >= 0.6 is 0 Å². The fourth-order valence-electron chi connectivity index (χ4n) is 3.24. The highest BCUT2D eigenvalue weighted by Crippen LogP contribution is 2.25. The normalized spacial score (nSPS) is 15.6. The lowest BCUT2D eigenvalue weighted by Crippen LogP contribution is -2.43. The topological polar surface area (TPSA) is 40.6 Å². The number of hydrogen-bond donors (Lipinski definition) is 0. The summed E-state index contributed by atoms with van der Waals surface area (Å²) in [6, 6.07) is 8.21. The molecule has 0 radical (unpaired) electrons. The highest BCUT2D eigenvalue weighted by molar-refractivity contribution is 5.94. The van der Waals surface area contributed by atoms with E-state index in [-0.39, 0.29) is 17.7 Å². The molecule has 0 aliphatic carbocycles. The number of anilines is 1. The van der Waals surface area contributed by atoms with Crippen LogP contribution in [0.1, 0.15) is 57.9 Å². The molecule has 1 saturated heterocycles. The van der Waals surface area contributed by atoms with Crippen LogP contribution in [-0.4, -0.2) is 36.9 Å². The number of carbonyl (C=O) groups excluding carboxylic acids is 2. The van der Waals surface area contributed by atoms with Crippen LogP contribution in [0.4, 0.5) is 5.69 Å². The number of benzene rings is 1. The second-order valence-corrected chi connectivity index (χ2v) is 7.05. The largest absolute Gasteiger partial charge is 0.343 e. The van der Waals surface area contributed by atoms with Crippen molar-refractivity contribution in [3.8, 4) is 0 Å². The molecule has 0 spiro atoms. The summed E-state index contributed by atoms with van der Waals surface area (Å²) in [6.45, 7) is 7.74. The maximum atomic E-state index is 12.8. The molecule has 4 heteroatoms. The lowest BCUT2D eigenvalue weighted by atomic mass is 9.94. The number of rotatable bonds is 5. The van der Waals surface area contributed by atoms with Gasteiger partial charge in [0.1, 0.15) is 0 Å². The van der Waals surface area contributed by atoms with Crippen molar-refractivity contribution < 1.29 is 9.59 Å². The first-order chi connectivity index (χ1) is 11.4. The molecule has 0 saturated carbocycles. The fourth-order valence-corrected chi connectivity index (χ4v) is 3.24. The minimum Gasteiger partial charge on any atom is -0.343 e. The molecule has 0 unspecified atom stereocenters. The van der Waals surface area contributed by atoms with Crippen molar-refractivity contribution in [2.45, 2.75) is 52.4 Å². The van der Waals surface area contributed by atoms with E-state index in [0.29, 0.717) is 25.4 Å². The summed E-state index contributed by atoms with van der Waals surface area (Å²) in [7, 11) is 1.86. The van der Waals surface area contributed by atoms with Gasteiger partial charge in [-0.15, -0.1) is 0 Å². The molecule has 0 aromatic heterocycles. The molecule has 4 nitrogen and oxygen atoms in total. The van der Waals surface area contributed by atoms with Gasteiger partial charge in [0.15, 0.2) is 0 Å². The average Bonchev–Trinajstić information content (AvgIpc) is 2.61. The molecule has 1 aliphatic heterocycles. The third-order valence-corrected chi connectivity index (χ3v) is 4.92. The Morgan fingerprint density at radius 2 is 1.92 bits per heavy atom. The lowest BCUT2D eigenvalue weighted by molar-refractivity contribution is -0.134. The van der Waals surface area contributed by atoms with Gasteiger partial charge >= 0.3 is 0 Å². The summed E-state index contributed by atoms with van der Waals surface area (Å²) in [4.78, 5) is 28.5. The first kappa shape index (κ1) is 18.5. The Bertz CT molecular complexity index is 575. The Morgan fingerprint density at radius 1 is 1.25 bits per heavy atom. The third kappa shape index (κ3) is 4.37. The summed E-state index contributed by atoms with van der Waals surface area (Å²) in [5, 5.41) is 0. The van der Waals surface area contributed by atoms with Gasteiger partial charge in [-0.05, 0) is 42.9 Å². The van der Waals surface area contributed by atoms with Crippen molar-refractivity contribution >= 4 is 17.5 Å². The molecular formula is C20H30N2O2.